The van der Waals surface area contributed by atoms with E-state index >= 15 is 0 Å². The Hall–Kier alpha value is -0.380. The Bertz CT molecular complexity index is 371. The Morgan fingerprint density at radius 1 is 1.21 bits per heavy atom. The number of ether oxygens (including phenoxy) is 1. The molecule has 1 N–H and O–H groups in total. The average molecular weight is 327 g/mol. The Morgan fingerprint density at radius 2 is 1.84 bits per heavy atom. The molecule has 0 radical (unpaired) electrons. The summed E-state index contributed by atoms with van der Waals surface area (Å²) in [6.45, 7) is 0. The molecule has 1 aromatic rings. The third-order valence-corrected chi connectivity index (χ3v) is 4.65. The maximum absolute atomic E-state index is 10.4. The van der Waals surface area contributed by atoms with Crippen LogP contribution in [0.15, 0.2) is 28.7 Å². The highest BCUT2D eigenvalue weighted by Crippen LogP contribution is 2.30. The van der Waals surface area contributed by atoms with E-state index < -0.39 is 6.10 Å². The standard InChI is InChI=1S/C16H23BrO2/c1-19-16(13-5-3-2-4-6-13)15(18)11-12-7-9-14(17)10-8-12/h7-10,13,15-16,18H,2-6,11H2,1H3. The number of hydrogen-bond acceptors (Lipinski definition) is 2. The van der Waals surface area contributed by atoms with Crippen LogP contribution in [0.4, 0.5) is 0 Å². The van der Waals surface area contributed by atoms with E-state index in [9.17, 15) is 5.11 Å². The summed E-state index contributed by atoms with van der Waals surface area (Å²) in [5.74, 6) is 0.518. The first kappa shape index (κ1) is 15.0. The molecule has 0 saturated heterocycles. The minimum absolute atomic E-state index is 0.0241. The lowest BCUT2D eigenvalue weighted by Crippen LogP contribution is -2.37. The van der Waals surface area contributed by atoms with Gasteiger partial charge in [-0.15, -0.1) is 0 Å². The summed E-state index contributed by atoms with van der Waals surface area (Å²) in [6, 6.07) is 8.15. The van der Waals surface area contributed by atoms with Crippen molar-refractivity contribution in [2.75, 3.05) is 7.11 Å². The van der Waals surface area contributed by atoms with Crippen LogP contribution in [0.1, 0.15) is 37.7 Å². The molecule has 1 aromatic carbocycles. The number of aliphatic hydroxyl groups is 1. The van der Waals surface area contributed by atoms with Gasteiger partial charge in [-0.3, -0.25) is 0 Å². The normalized spacial score (nSPS) is 20.2. The molecule has 2 nitrogen and oxygen atoms in total. The van der Waals surface area contributed by atoms with Crippen LogP contribution >= 0.6 is 15.9 Å². The molecule has 0 aliphatic heterocycles. The molecule has 19 heavy (non-hydrogen) atoms. The van der Waals surface area contributed by atoms with Crippen LogP contribution in [0.2, 0.25) is 0 Å². The SMILES string of the molecule is COC(C(O)Cc1ccc(Br)cc1)C1CCCCC1. The van der Waals surface area contributed by atoms with Gasteiger partial charge in [0.05, 0.1) is 12.2 Å². The van der Waals surface area contributed by atoms with E-state index in [-0.39, 0.29) is 6.10 Å². The molecule has 2 unspecified atom stereocenters. The van der Waals surface area contributed by atoms with Crippen LogP contribution in [0, 0.1) is 5.92 Å². The smallest absolute Gasteiger partial charge is 0.0861 e. The minimum atomic E-state index is -0.408. The summed E-state index contributed by atoms with van der Waals surface area (Å²) in [5, 5.41) is 10.4. The third kappa shape index (κ3) is 4.30. The van der Waals surface area contributed by atoms with Crippen LogP contribution in [0.25, 0.3) is 0 Å². The van der Waals surface area contributed by atoms with Gasteiger partial charge in [0.15, 0.2) is 0 Å². The van der Waals surface area contributed by atoms with Crippen molar-refractivity contribution < 1.29 is 9.84 Å². The molecule has 0 amide bonds. The molecule has 0 aromatic heterocycles. The molecule has 0 spiro atoms. The van der Waals surface area contributed by atoms with E-state index in [0.717, 1.165) is 10.0 Å². The fourth-order valence-electron chi connectivity index (χ4n) is 3.10. The van der Waals surface area contributed by atoms with Gasteiger partial charge in [-0.2, -0.15) is 0 Å². The Kier molecular flexibility index (Phi) is 5.86. The molecule has 2 atom stereocenters. The van der Waals surface area contributed by atoms with Crippen molar-refractivity contribution in [1.29, 1.82) is 0 Å². The zero-order valence-corrected chi connectivity index (χ0v) is 13.1. The third-order valence-electron chi connectivity index (χ3n) is 4.12. The quantitative estimate of drug-likeness (QED) is 0.887. The summed E-state index contributed by atoms with van der Waals surface area (Å²) < 4.78 is 6.66. The van der Waals surface area contributed by atoms with E-state index in [2.05, 4.69) is 28.1 Å². The number of hydrogen-bond donors (Lipinski definition) is 1. The van der Waals surface area contributed by atoms with Crippen molar-refractivity contribution in [1.82, 2.24) is 0 Å². The van der Waals surface area contributed by atoms with Crippen molar-refractivity contribution in [3.63, 3.8) is 0 Å². The second kappa shape index (κ2) is 7.41. The zero-order chi connectivity index (χ0) is 13.7. The second-order valence-electron chi connectivity index (χ2n) is 5.50. The van der Waals surface area contributed by atoms with Gasteiger partial charge in [0.1, 0.15) is 0 Å². The molecule has 1 saturated carbocycles. The number of halogens is 1. The number of rotatable bonds is 5. The highest BCUT2D eigenvalue weighted by Gasteiger charge is 2.29. The van der Waals surface area contributed by atoms with Gasteiger partial charge in [-0.1, -0.05) is 47.3 Å². The molecule has 2 rings (SSSR count). The van der Waals surface area contributed by atoms with Gasteiger partial charge in [0, 0.05) is 18.0 Å². The maximum atomic E-state index is 10.4. The molecular weight excluding hydrogens is 304 g/mol. The lowest BCUT2D eigenvalue weighted by Gasteiger charge is -2.32. The lowest BCUT2D eigenvalue weighted by molar-refractivity contribution is -0.0535. The van der Waals surface area contributed by atoms with E-state index in [1.807, 2.05) is 12.1 Å². The highest BCUT2D eigenvalue weighted by atomic mass is 79.9. The van der Waals surface area contributed by atoms with Crippen LogP contribution in [0.5, 0.6) is 0 Å². The van der Waals surface area contributed by atoms with Crippen LogP contribution in [-0.4, -0.2) is 24.4 Å². The van der Waals surface area contributed by atoms with E-state index in [4.69, 9.17) is 4.74 Å². The Morgan fingerprint density at radius 3 is 2.42 bits per heavy atom. The first-order chi connectivity index (χ1) is 9.20. The van der Waals surface area contributed by atoms with Crippen molar-refractivity contribution >= 4 is 15.9 Å². The van der Waals surface area contributed by atoms with Gasteiger partial charge in [-0.25, -0.2) is 0 Å². The monoisotopic (exact) mass is 326 g/mol. The van der Waals surface area contributed by atoms with Crippen LogP contribution in [0.3, 0.4) is 0 Å². The van der Waals surface area contributed by atoms with Crippen LogP contribution in [-0.2, 0) is 11.2 Å². The van der Waals surface area contributed by atoms with Crippen molar-refractivity contribution in [3.05, 3.63) is 34.3 Å². The van der Waals surface area contributed by atoms with E-state index in [1.54, 1.807) is 7.11 Å². The maximum Gasteiger partial charge on any atom is 0.0861 e. The van der Waals surface area contributed by atoms with Crippen molar-refractivity contribution in [2.45, 2.75) is 50.7 Å². The molecule has 106 valence electrons. The van der Waals surface area contributed by atoms with Gasteiger partial charge < -0.3 is 9.84 Å². The predicted molar refractivity (Wildman–Crippen MR) is 81.2 cm³/mol. The summed E-state index contributed by atoms with van der Waals surface area (Å²) in [7, 11) is 1.73. The first-order valence-corrected chi connectivity index (χ1v) is 7.95. The molecule has 0 heterocycles. The summed E-state index contributed by atoms with van der Waals surface area (Å²) >= 11 is 3.43. The van der Waals surface area contributed by atoms with Crippen LogP contribution < -0.4 is 0 Å². The lowest BCUT2D eigenvalue weighted by atomic mass is 9.82. The zero-order valence-electron chi connectivity index (χ0n) is 11.5. The van der Waals surface area contributed by atoms with Crippen molar-refractivity contribution in [3.8, 4) is 0 Å². The minimum Gasteiger partial charge on any atom is -0.390 e. The van der Waals surface area contributed by atoms with Gasteiger partial charge in [0.2, 0.25) is 0 Å². The summed E-state index contributed by atoms with van der Waals surface area (Å²) in [4.78, 5) is 0. The van der Waals surface area contributed by atoms with E-state index in [0.29, 0.717) is 12.3 Å². The summed E-state index contributed by atoms with van der Waals surface area (Å²) in [6.07, 6.45) is 6.49. The van der Waals surface area contributed by atoms with Gasteiger partial charge in [0.25, 0.3) is 0 Å². The Balaban J connectivity index is 1.95. The molecule has 3 heteroatoms. The van der Waals surface area contributed by atoms with Gasteiger partial charge in [-0.05, 0) is 36.5 Å². The largest absolute Gasteiger partial charge is 0.390 e. The number of benzene rings is 1. The fourth-order valence-corrected chi connectivity index (χ4v) is 3.37. The topological polar surface area (TPSA) is 29.5 Å². The molecule has 1 aliphatic rings. The molecular formula is C16H23BrO2. The number of methoxy groups -OCH3 is 1. The Labute approximate surface area is 124 Å². The number of aliphatic hydroxyl groups excluding tert-OH is 1. The first-order valence-electron chi connectivity index (χ1n) is 7.16. The van der Waals surface area contributed by atoms with Gasteiger partial charge >= 0.3 is 0 Å². The van der Waals surface area contributed by atoms with Crippen molar-refractivity contribution in [2.24, 2.45) is 5.92 Å². The average Bonchev–Trinajstić information content (AvgIpc) is 2.43. The summed E-state index contributed by atoms with van der Waals surface area (Å²) in [5.41, 5.74) is 1.16. The molecule has 1 fully saturated rings. The molecule has 1 aliphatic carbocycles. The predicted octanol–water partition coefficient (Wildman–Crippen LogP) is 3.95. The second-order valence-corrected chi connectivity index (χ2v) is 6.41. The highest BCUT2D eigenvalue weighted by molar-refractivity contribution is 9.10. The van der Waals surface area contributed by atoms with E-state index in [1.165, 1.54) is 32.1 Å². The fraction of sp³-hybridized carbons (Fsp3) is 0.625. The molecule has 0 bridgehead atoms.